The number of halogens is 1. The highest BCUT2D eigenvalue weighted by Gasteiger charge is 2.08. The summed E-state index contributed by atoms with van der Waals surface area (Å²) in [5.41, 5.74) is 2.89. The summed E-state index contributed by atoms with van der Waals surface area (Å²) < 4.78 is 0.976. The molecule has 0 aliphatic rings. The Hall–Kier alpha value is -2.19. The monoisotopic (exact) mass is 329 g/mol. The first-order valence-electron chi connectivity index (χ1n) is 5.99. The number of benzene rings is 1. The summed E-state index contributed by atoms with van der Waals surface area (Å²) in [4.78, 5) is 15.9. The van der Waals surface area contributed by atoms with Crippen molar-refractivity contribution in [1.29, 1.82) is 5.26 Å². The lowest BCUT2D eigenvalue weighted by atomic mass is 10.1. The summed E-state index contributed by atoms with van der Waals surface area (Å²) in [6.07, 6.45) is 1.39. The van der Waals surface area contributed by atoms with Crippen molar-refractivity contribution in [2.75, 3.05) is 0 Å². The van der Waals surface area contributed by atoms with Crippen molar-refractivity contribution in [1.82, 2.24) is 10.3 Å². The molecule has 20 heavy (non-hydrogen) atoms. The van der Waals surface area contributed by atoms with Crippen molar-refractivity contribution in [3.8, 4) is 6.07 Å². The number of pyridine rings is 1. The minimum atomic E-state index is -0.256. The number of nitriles is 1. The lowest BCUT2D eigenvalue weighted by molar-refractivity contribution is 0.0946. The van der Waals surface area contributed by atoms with Gasteiger partial charge in [-0.1, -0.05) is 22.0 Å². The van der Waals surface area contributed by atoms with Crippen LogP contribution in [-0.4, -0.2) is 10.9 Å². The van der Waals surface area contributed by atoms with Gasteiger partial charge in [-0.05, 0) is 42.3 Å². The van der Waals surface area contributed by atoms with Crippen LogP contribution in [0.15, 0.2) is 41.0 Å². The molecule has 2 rings (SSSR count). The predicted molar refractivity (Wildman–Crippen MR) is 79.0 cm³/mol. The highest BCUT2D eigenvalue weighted by molar-refractivity contribution is 9.10. The van der Waals surface area contributed by atoms with E-state index in [-0.39, 0.29) is 5.91 Å². The van der Waals surface area contributed by atoms with E-state index in [1.807, 2.05) is 31.2 Å². The molecule has 0 radical (unpaired) electrons. The van der Waals surface area contributed by atoms with Gasteiger partial charge >= 0.3 is 0 Å². The van der Waals surface area contributed by atoms with Crippen LogP contribution in [0.5, 0.6) is 0 Å². The molecule has 0 fully saturated rings. The van der Waals surface area contributed by atoms with E-state index >= 15 is 0 Å². The highest BCUT2D eigenvalue weighted by atomic mass is 79.9. The molecule has 0 unspecified atom stereocenters. The van der Waals surface area contributed by atoms with E-state index in [2.05, 4.69) is 26.2 Å². The molecule has 0 aliphatic carbocycles. The van der Waals surface area contributed by atoms with Gasteiger partial charge in [0.2, 0.25) is 0 Å². The summed E-state index contributed by atoms with van der Waals surface area (Å²) in [7, 11) is 0. The fourth-order valence-corrected chi connectivity index (χ4v) is 2.10. The second-order valence-corrected chi connectivity index (χ2v) is 5.21. The van der Waals surface area contributed by atoms with Gasteiger partial charge in [-0.3, -0.25) is 4.79 Å². The Morgan fingerprint density at radius 3 is 2.85 bits per heavy atom. The average molecular weight is 330 g/mol. The van der Waals surface area contributed by atoms with Crippen LogP contribution in [0.1, 0.15) is 27.2 Å². The second kappa shape index (κ2) is 6.31. The molecule has 1 heterocycles. The van der Waals surface area contributed by atoms with Gasteiger partial charge in [0, 0.05) is 17.2 Å². The first-order chi connectivity index (χ1) is 9.60. The minimum absolute atomic E-state index is 0.256. The lowest BCUT2D eigenvalue weighted by Gasteiger charge is -2.08. The van der Waals surface area contributed by atoms with Crippen molar-refractivity contribution in [2.45, 2.75) is 13.5 Å². The van der Waals surface area contributed by atoms with Crippen molar-refractivity contribution >= 4 is 21.8 Å². The summed E-state index contributed by atoms with van der Waals surface area (Å²) in [6, 6.07) is 11.0. The zero-order chi connectivity index (χ0) is 14.5. The molecule has 1 aromatic heterocycles. The molecule has 2 aromatic rings. The average Bonchev–Trinajstić information content (AvgIpc) is 2.48. The molecule has 1 N–H and O–H groups in total. The van der Waals surface area contributed by atoms with Crippen molar-refractivity contribution < 1.29 is 4.79 Å². The Morgan fingerprint density at radius 1 is 1.40 bits per heavy atom. The quantitative estimate of drug-likeness (QED) is 0.941. The standard InChI is InChI=1S/C15H12BrN3O/c1-10-2-4-13(16)6-12(10)9-19-15(20)14-5-3-11(7-17)8-18-14/h2-6,8H,9H2,1H3,(H,19,20). The fraction of sp³-hybridized carbons (Fsp3) is 0.133. The Balaban J connectivity index is 2.04. The first-order valence-corrected chi connectivity index (χ1v) is 6.79. The van der Waals surface area contributed by atoms with Gasteiger partial charge in [-0.2, -0.15) is 5.26 Å². The number of nitrogens with zero attached hydrogens (tertiary/aromatic N) is 2. The molecule has 100 valence electrons. The topological polar surface area (TPSA) is 65.8 Å². The van der Waals surface area contributed by atoms with Gasteiger partial charge in [0.1, 0.15) is 11.8 Å². The molecule has 0 saturated carbocycles. The molecule has 4 nitrogen and oxygen atoms in total. The summed E-state index contributed by atoms with van der Waals surface area (Å²) in [5.74, 6) is -0.256. The van der Waals surface area contributed by atoms with Gasteiger partial charge in [0.25, 0.3) is 5.91 Å². The third-order valence-electron chi connectivity index (χ3n) is 2.88. The van der Waals surface area contributed by atoms with E-state index in [9.17, 15) is 4.79 Å². The van der Waals surface area contributed by atoms with Gasteiger partial charge in [-0.15, -0.1) is 0 Å². The number of nitrogens with one attached hydrogen (secondary N) is 1. The molecular formula is C15H12BrN3O. The number of amides is 1. The summed E-state index contributed by atoms with van der Waals surface area (Å²) >= 11 is 3.41. The van der Waals surface area contributed by atoms with E-state index in [4.69, 9.17) is 5.26 Å². The van der Waals surface area contributed by atoms with Crippen molar-refractivity contribution in [3.05, 3.63) is 63.4 Å². The van der Waals surface area contributed by atoms with E-state index in [0.717, 1.165) is 15.6 Å². The van der Waals surface area contributed by atoms with Crippen LogP contribution in [0.2, 0.25) is 0 Å². The van der Waals surface area contributed by atoms with Crippen LogP contribution < -0.4 is 5.32 Å². The van der Waals surface area contributed by atoms with Crippen LogP contribution in [0.25, 0.3) is 0 Å². The van der Waals surface area contributed by atoms with Gasteiger partial charge in [-0.25, -0.2) is 4.98 Å². The predicted octanol–water partition coefficient (Wildman–Crippen LogP) is 2.95. The Bertz CT molecular complexity index is 675. The van der Waals surface area contributed by atoms with Crippen molar-refractivity contribution in [3.63, 3.8) is 0 Å². The number of carbonyl (C=O) groups is 1. The molecule has 0 spiro atoms. The summed E-state index contributed by atoms with van der Waals surface area (Å²) in [5, 5.41) is 11.5. The Labute approximate surface area is 125 Å². The van der Waals surface area contributed by atoms with E-state index < -0.39 is 0 Å². The van der Waals surface area contributed by atoms with Crippen LogP contribution in [0, 0.1) is 18.3 Å². The maximum Gasteiger partial charge on any atom is 0.270 e. The smallest absolute Gasteiger partial charge is 0.270 e. The highest BCUT2D eigenvalue weighted by Crippen LogP contribution is 2.15. The van der Waals surface area contributed by atoms with Gasteiger partial charge in [0.15, 0.2) is 0 Å². The molecule has 1 aromatic carbocycles. The molecule has 0 bridgehead atoms. The SMILES string of the molecule is Cc1ccc(Br)cc1CNC(=O)c1ccc(C#N)cn1. The largest absolute Gasteiger partial charge is 0.347 e. The maximum absolute atomic E-state index is 11.9. The van der Waals surface area contributed by atoms with E-state index in [1.54, 1.807) is 12.1 Å². The number of hydrogen-bond donors (Lipinski definition) is 1. The lowest BCUT2D eigenvalue weighted by Crippen LogP contribution is -2.24. The zero-order valence-electron chi connectivity index (χ0n) is 10.9. The maximum atomic E-state index is 11.9. The normalized spacial score (nSPS) is 9.85. The molecule has 0 atom stereocenters. The molecular weight excluding hydrogens is 318 g/mol. The number of hydrogen-bond acceptors (Lipinski definition) is 3. The zero-order valence-corrected chi connectivity index (χ0v) is 12.4. The first kappa shape index (κ1) is 14.2. The molecule has 0 aliphatic heterocycles. The molecule has 1 amide bonds. The number of rotatable bonds is 3. The van der Waals surface area contributed by atoms with Gasteiger partial charge in [0.05, 0.1) is 5.56 Å². The third-order valence-corrected chi connectivity index (χ3v) is 3.37. The third kappa shape index (κ3) is 3.43. The van der Waals surface area contributed by atoms with Gasteiger partial charge < -0.3 is 5.32 Å². The molecule has 0 saturated heterocycles. The summed E-state index contributed by atoms with van der Waals surface area (Å²) in [6.45, 7) is 2.43. The van der Waals surface area contributed by atoms with E-state index in [1.165, 1.54) is 6.20 Å². The second-order valence-electron chi connectivity index (χ2n) is 4.30. The van der Waals surface area contributed by atoms with E-state index in [0.29, 0.717) is 17.8 Å². The minimum Gasteiger partial charge on any atom is -0.347 e. The number of aryl methyl sites for hydroxylation is 1. The van der Waals surface area contributed by atoms with Crippen LogP contribution >= 0.6 is 15.9 Å². The number of aromatic nitrogens is 1. The van der Waals surface area contributed by atoms with Crippen molar-refractivity contribution in [2.24, 2.45) is 0 Å². The Morgan fingerprint density at radius 2 is 2.20 bits per heavy atom. The van der Waals surface area contributed by atoms with Crippen LogP contribution in [-0.2, 0) is 6.54 Å². The number of carbonyl (C=O) groups excluding carboxylic acids is 1. The molecule has 5 heteroatoms. The van der Waals surface area contributed by atoms with Crippen LogP contribution in [0.3, 0.4) is 0 Å². The fourth-order valence-electron chi connectivity index (χ4n) is 1.69. The Kier molecular flexibility index (Phi) is 4.49. The van der Waals surface area contributed by atoms with Crippen LogP contribution in [0.4, 0.5) is 0 Å².